The zero-order valence-electron chi connectivity index (χ0n) is 11.4. The molecule has 114 valence electrons. The van der Waals surface area contributed by atoms with E-state index in [0.717, 1.165) is 12.8 Å². The Kier molecular flexibility index (Phi) is 4.71. The zero-order chi connectivity index (χ0) is 15.4. The van der Waals surface area contributed by atoms with Crippen molar-refractivity contribution in [2.24, 2.45) is 5.84 Å². The molecule has 0 aromatic heterocycles. The van der Waals surface area contributed by atoms with E-state index in [2.05, 4.69) is 10.7 Å². The number of carbonyl (C=O) groups is 1. The molecule has 1 aliphatic rings. The standard InChI is InChI=1S/C13H18N4O4/c14-16-10-6-5-8(17(20)21)7-9(10)13(19)15-11-3-1-2-4-12(11)18/h5-7,11-12,16,18H,1-4,14H2,(H,15,19). The number of nitrogens with two attached hydrogens (primary N) is 1. The average molecular weight is 294 g/mol. The fourth-order valence-corrected chi connectivity index (χ4v) is 2.49. The van der Waals surface area contributed by atoms with Crippen molar-refractivity contribution in [3.63, 3.8) is 0 Å². The van der Waals surface area contributed by atoms with Crippen LogP contribution in [-0.2, 0) is 0 Å². The molecule has 0 radical (unpaired) electrons. The molecule has 1 aliphatic carbocycles. The van der Waals surface area contributed by atoms with Gasteiger partial charge in [0.1, 0.15) is 0 Å². The number of aliphatic hydroxyl groups excluding tert-OH is 1. The smallest absolute Gasteiger partial charge is 0.270 e. The molecule has 0 aliphatic heterocycles. The third-order valence-electron chi connectivity index (χ3n) is 3.66. The molecule has 1 fully saturated rings. The summed E-state index contributed by atoms with van der Waals surface area (Å²) in [6, 6.07) is 3.47. The van der Waals surface area contributed by atoms with E-state index in [9.17, 15) is 20.0 Å². The van der Waals surface area contributed by atoms with Crippen molar-refractivity contribution in [3.05, 3.63) is 33.9 Å². The molecule has 8 heteroatoms. The maximum Gasteiger partial charge on any atom is 0.270 e. The predicted octanol–water partition coefficient (Wildman–Crippen LogP) is 0.914. The fourth-order valence-electron chi connectivity index (χ4n) is 2.49. The summed E-state index contributed by atoms with van der Waals surface area (Å²) in [7, 11) is 0. The molecule has 0 spiro atoms. The summed E-state index contributed by atoms with van der Waals surface area (Å²) in [5.41, 5.74) is 2.54. The van der Waals surface area contributed by atoms with E-state index in [1.165, 1.54) is 18.2 Å². The lowest BCUT2D eigenvalue weighted by Crippen LogP contribution is -2.45. The highest BCUT2D eigenvalue weighted by atomic mass is 16.6. The second-order valence-corrected chi connectivity index (χ2v) is 5.06. The molecule has 0 saturated heterocycles. The topological polar surface area (TPSA) is 131 Å². The van der Waals surface area contributed by atoms with Crippen molar-refractivity contribution >= 4 is 17.3 Å². The lowest BCUT2D eigenvalue weighted by atomic mass is 9.92. The summed E-state index contributed by atoms with van der Waals surface area (Å²) >= 11 is 0. The number of nitrogens with zero attached hydrogens (tertiary/aromatic N) is 1. The van der Waals surface area contributed by atoms with Crippen molar-refractivity contribution in [2.75, 3.05) is 5.43 Å². The Balaban J connectivity index is 2.20. The second kappa shape index (κ2) is 6.51. The number of aliphatic hydroxyl groups is 1. The number of nitrogen functional groups attached to an aromatic ring is 1. The third kappa shape index (κ3) is 3.47. The van der Waals surface area contributed by atoms with Crippen LogP contribution < -0.4 is 16.6 Å². The summed E-state index contributed by atoms with van der Waals surface area (Å²) in [5.74, 6) is 4.84. The van der Waals surface area contributed by atoms with Gasteiger partial charge in [0.05, 0.1) is 28.3 Å². The Bertz CT molecular complexity index is 549. The Morgan fingerprint density at radius 3 is 2.71 bits per heavy atom. The Hall–Kier alpha value is -2.19. The van der Waals surface area contributed by atoms with Gasteiger partial charge in [-0.25, -0.2) is 0 Å². The molecule has 2 unspecified atom stereocenters. The van der Waals surface area contributed by atoms with E-state index in [4.69, 9.17) is 5.84 Å². The lowest BCUT2D eigenvalue weighted by molar-refractivity contribution is -0.384. The number of nitro benzene ring substituents is 1. The van der Waals surface area contributed by atoms with Gasteiger partial charge in [-0.15, -0.1) is 0 Å². The molecule has 0 bridgehead atoms. The molecule has 8 nitrogen and oxygen atoms in total. The quantitative estimate of drug-likeness (QED) is 0.371. The van der Waals surface area contributed by atoms with Gasteiger partial charge in [-0.2, -0.15) is 0 Å². The minimum absolute atomic E-state index is 0.0875. The molecule has 2 rings (SSSR count). The van der Waals surface area contributed by atoms with Crippen LogP contribution in [0.1, 0.15) is 36.0 Å². The van der Waals surface area contributed by atoms with Gasteiger partial charge in [-0.3, -0.25) is 20.8 Å². The van der Waals surface area contributed by atoms with Crippen molar-refractivity contribution < 1.29 is 14.8 Å². The van der Waals surface area contributed by atoms with Gasteiger partial charge < -0.3 is 15.8 Å². The number of anilines is 1. The van der Waals surface area contributed by atoms with Crippen LogP contribution in [0.3, 0.4) is 0 Å². The number of hydrogen-bond donors (Lipinski definition) is 4. The minimum atomic E-state index is -0.587. The first-order valence-corrected chi connectivity index (χ1v) is 6.77. The average Bonchev–Trinajstić information content (AvgIpc) is 2.48. The number of nitro groups is 1. The number of carbonyl (C=O) groups excluding carboxylic acids is 1. The van der Waals surface area contributed by atoms with Crippen LogP contribution in [0.25, 0.3) is 0 Å². The monoisotopic (exact) mass is 294 g/mol. The van der Waals surface area contributed by atoms with Crippen LogP contribution in [0.2, 0.25) is 0 Å². The van der Waals surface area contributed by atoms with Crippen molar-refractivity contribution in [1.82, 2.24) is 5.32 Å². The van der Waals surface area contributed by atoms with Gasteiger partial charge in [0.25, 0.3) is 11.6 Å². The first-order valence-electron chi connectivity index (χ1n) is 6.77. The van der Waals surface area contributed by atoms with E-state index in [1.54, 1.807) is 0 Å². The summed E-state index contributed by atoms with van der Waals surface area (Å²) in [5, 5.41) is 23.4. The molecule has 1 aromatic carbocycles. The summed E-state index contributed by atoms with van der Waals surface area (Å²) in [6.07, 6.45) is 2.60. The Morgan fingerprint density at radius 2 is 2.10 bits per heavy atom. The number of benzene rings is 1. The van der Waals surface area contributed by atoms with Crippen molar-refractivity contribution in [3.8, 4) is 0 Å². The molecule has 1 aromatic rings. The minimum Gasteiger partial charge on any atom is -0.391 e. The van der Waals surface area contributed by atoms with Crippen molar-refractivity contribution in [1.29, 1.82) is 0 Å². The molecular weight excluding hydrogens is 276 g/mol. The van der Waals surface area contributed by atoms with Crippen LogP contribution in [0.4, 0.5) is 11.4 Å². The maximum absolute atomic E-state index is 12.3. The SMILES string of the molecule is NNc1ccc([N+](=O)[O-])cc1C(=O)NC1CCCCC1O. The van der Waals surface area contributed by atoms with E-state index in [-0.39, 0.29) is 17.3 Å². The summed E-state index contributed by atoms with van der Waals surface area (Å²) < 4.78 is 0. The summed E-state index contributed by atoms with van der Waals surface area (Å²) in [4.78, 5) is 22.5. The highest BCUT2D eigenvalue weighted by Crippen LogP contribution is 2.23. The van der Waals surface area contributed by atoms with Crippen LogP contribution in [0.5, 0.6) is 0 Å². The van der Waals surface area contributed by atoms with E-state index in [1.807, 2.05) is 0 Å². The van der Waals surface area contributed by atoms with Gasteiger partial charge in [0, 0.05) is 12.1 Å². The highest BCUT2D eigenvalue weighted by molar-refractivity contribution is 6.00. The van der Waals surface area contributed by atoms with Crippen molar-refractivity contribution in [2.45, 2.75) is 37.8 Å². The molecular formula is C13H18N4O4. The highest BCUT2D eigenvalue weighted by Gasteiger charge is 2.26. The Labute approximate surface area is 121 Å². The van der Waals surface area contributed by atoms with Crippen LogP contribution in [0.15, 0.2) is 18.2 Å². The van der Waals surface area contributed by atoms with Crippen LogP contribution in [-0.4, -0.2) is 28.1 Å². The van der Waals surface area contributed by atoms with E-state index in [0.29, 0.717) is 18.5 Å². The van der Waals surface area contributed by atoms with Crippen LogP contribution in [0, 0.1) is 10.1 Å². The molecule has 1 saturated carbocycles. The van der Waals surface area contributed by atoms with Gasteiger partial charge in [0.2, 0.25) is 0 Å². The molecule has 2 atom stereocenters. The molecule has 5 N–H and O–H groups in total. The van der Waals surface area contributed by atoms with Gasteiger partial charge in [0.15, 0.2) is 0 Å². The van der Waals surface area contributed by atoms with E-state index < -0.39 is 16.9 Å². The predicted molar refractivity (Wildman–Crippen MR) is 76.6 cm³/mol. The first kappa shape index (κ1) is 15.2. The normalized spacial score (nSPS) is 21.6. The lowest BCUT2D eigenvalue weighted by Gasteiger charge is -2.28. The second-order valence-electron chi connectivity index (χ2n) is 5.06. The molecule has 21 heavy (non-hydrogen) atoms. The van der Waals surface area contributed by atoms with Gasteiger partial charge >= 0.3 is 0 Å². The van der Waals surface area contributed by atoms with Crippen LogP contribution >= 0.6 is 0 Å². The number of nitrogens with one attached hydrogen (secondary N) is 2. The van der Waals surface area contributed by atoms with Gasteiger partial charge in [-0.05, 0) is 18.9 Å². The van der Waals surface area contributed by atoms with Gasteiger partial charge in [-0.1, -0.05) is 12.8 Å². The number of hydrogen-bond acceptors (Lipinski definition) is 6. The Morgan fingerprint density at radius 1 is 1.38 bits per heavy atom. The summed E-state index contributed by atoms with van der Waals surface area (Å²) in [6.45, 7) is 0. The number of rotatable bonds is 4. The fraction of sp³-hybridized carbons (Fsp3) is 0.462. The van der Waals surface area contributed by atoms with E-state index >= 15 is 0 Å². The number of non-ortho nitro benzene ring substituents is 1. The largest absolute Gasteiger partial charge is 0.391 e. The zero-order valence-corrected chi connectivity index (χ0v) is 11.4. The third-order valence-corrected chi connectivity index (χ3v) is 3.66. The molecule has 0 heterocycles. The maximum atomic E-state index is 12.3. The molecule has 1 amide bonds. The number of hydrazine groups is 1. The number of amides is 1. The first-order chi connectivity index (χ1) is 10.0.